The SMILES string of the molecule is C=CCn1c(SCc2ccc(C(N)=O)cc2[N+](=O)[O-])nnc1-c1ccoc1C. The number of hydrogen-bond donors (Lipinski definition) is 1. The number of primary amides is 1. The number of aryl methyl sites for hydroxylation is 1. The molecule has 0 aliphatic rings. The van der Waals surface area contributed by atoms with Crippen LogP contribution in [-0.4, -0.2) is 25.6 Å². The van der Waals surface area contributed by atoms with Crippen molar-refractivity contribution >= 4 is 23.4 Å². The van der Waals surface area contributed by atoms with Gasteiger partial charge in [-0.25, -0.2) is 0 Å². The van der Waals surface area contributed by atoms with E-state index in [4.69, 9.17) is 10.2 Å². The van der Waals surface area contributed by atoms with Crippen LogP contribution in [-0.2, 0) is 12.3 Å². The minimum absolute atomic E-state index is 0.0907. The number of carbonyl (C=O) groups excluding carboxylic acids is 1. The highest BCUT2D eigenvalue weighted by Crippen LogP contribution is 2.31. The molecule has 144 valence electrons. The van der Waals surface area contributed by atoms with E-state index in [9.17, 15) is 14.9 Å². The summed E-state index contributed by atoms with van der Waals surface area (Å²) in [5, 5.41) is 20.4. The predicted molar refractivity (Wildman–Crippen MR) is 104 cm³/mol. The Morgan fingerprint density at radius 2 is 2.21 bits per heavy atom. The zero-order valence-electron chi connectivity index (χ0n) is 15.0. The molecule has 0 unspecified atom stereocenters. The third-order valence-electron chi connectivity index (χ3n) is 4.05. The van der Waals surface area contributed by atoms with E-state index in [0.29, 0.717) is 28.8 Å². The topological polar surface area (TPSA) is 130 Å². The van der Waals surface area contributed by atoms with Crippen LogP contribution >= 0.6 is 11.8 Å². The second-order valence-corrected chi connectivity index (χ2v) is 6.79. The summed E-state index contributed by atoms with van der Waals surface area (Å²) < 4.78 is 7.20. The van der Waals surface area contributed by atoms with Crippen molar-refractivity contribution in [2.24, 2.45) is 5.73 Å². The number of amides is 1. The number of carbonyl (C=O) groups is 1. The number of nitro benzene ring substituents is 1. The first-order chi connectivity index (χ1) is 13.4. The number of nitrogens with zero attached hydrogens (tertiary/aromatic N) is 4. The number of nitro groups is 1. The van der Waals surface area contributed by atoms with Gasteiger partial charge in [-0.1, -0.05) is 23.9 Å². The molecule has 28 heavy (non-hydrogen) atoms. The molecule has 0 atom stereocenters. The molecule has 2 N–H and O–H groups in total. The molecule has 0 aliphatic carbocycles. The number of nitrogens with two attached hydrogens (primary N) is 1. The number of furan rings is 1. The molecule has 1 aromatic carbocycles. The van der Waals surface area contributed by atoms with Crippen molar-refractivity contribution in [1.29, 1.82) is 0 Å². The fourth-order valence-electron chi connectivity index (χ4n) is 2.66. The molecule has 9 nitrogen and oxygen atoms in total. The highest BCUT2D eigenvalue weighted by Gasteiger charge is 2.20. The molecule has 2 aromatic heterocycles. The molecule has 0 saturated heterocycles. The van der Waals surface area contributed by atoms with Gasteiger partial charge < -0.3 is 10.2 Å². The van der Waals surface area contributed by atoms with Crippen molar-refractivity contribution in [2.75, 3.05) is 0 Å². The number of benzene rings is 1. The van der Waals surface area contributed by atoms with Crippen molar-refractivity contribution in [2.45, 2.75) is 24.4 Å². The Morgan fingerprint density at radius 3 is 2.82 bits per heavy atom. The molecule has 2 heterocycles. The predicted octanol–water partition coefficient (Wildman–Crippen LogP) is 3.33. The molecular formula is C18H17N5O4S. The van der Waals surface area contributed by atoms with Crippen molar-refractivity contribution in [1.82, 2.24) is 14.8 Å². The largest absolute Gasteiger partial charge is 0.469 e. The Morgan fingerprint density at radius 1 is 1.43 bits per heavy atom. The van der Waals surface area contributed by atoms with E-state index in [0.717, 1.165) is 5.56 Å². The Hall–Kier alpha value is -3.40. The van der Waals surface area contributed by atoms with Gasteiger partial charge in [-0.2, -0.15) is 0 Å². The molecule has 0 saturated carbocycles. The summed E-state index contributed by atoms with van der Waals surface area (Å²) >= 11 is 1.30. The number of aromatic nitrogens is 3. The van der Waals surface area contributed by atoms with Crippen molar-refractivity contribution in [3.63, 3.8) is 0 Å². The van der Waals surface area contributed by atoms with Crippen LogP contribution in [0.15, 0.2) is 52.8 Å². The van der Waals surface area contributed by atoms with Gasteiger partial charge in [0.2, 0.25) is 5.91 Å². The lowest BCUT2D eigenvalue weighted by Crippen LogP contribution is -2.11. The van der Waals surface area contributed by atoms with Gasteiger partial charge in [-0.3, -0.25) is 19.5 Å². The fraction of sp³-hybridized carbons (Fsp3) is 0.167. The number of allylic oxidation sites excluding steroid dienone is 1. The molecule has 0 bridgehead atoms. The summed E-state index contributed by atoms with van der Waals surface area (Å²) in [7, 11) is 0. The molecule has 0 spiro atoms. The van der Waals surface area contributed by atoms with E-state index in [1.807, 2.05) is 11.5 Å². The minimum atomic E-state index is -0.715. The first-order valence-corrected chi connectivity index (χ1v) is 9.19. The zero-order chi connectivity index (χ0) is 20.3. The van der Waals surface area contributed by atoms with Crippen molar-refractivity contribution in [3.05, 3.63) is 70.2 Å². The van der Waals surface area contributed by atoms with Crippen LogP contribution in [0.5, 0.6) is 0 Å². The second kappa shape index (κ2) is 8.09. The lowest BCUT2D eigenvalue weighted by atomic mass is 10.1. The van der Waals surface area contributed by atoms with E-state index in [1.54, 1.807) is 18.4 Å². The maximum absolute atomic E-state index is 11.4. The molecule has 3 aromatic rings. The van der Waals surface area contributed by atoms with Crippen LogP contribution in [0.25, 0.3) is 11.4 Å². The average Bonchev–Trinajstić information content (AvgIpc) is 3.25. The van der Waals surface area contributed by atoms with Gasteiger partial charge in [0.15, 0.2) is 11.0 Å². The molecule has 0 aliphatic heterocycles. The van der Waals surface area contributed by atoms with Crippen LogP contribution in [0, 0.1) is 17.0 Å². The van der Waals surface area contributed by atoms with E-state index < -0.39 is 10.8 Å². The van der Waals surface area contributed by atoms with Gasteiger partial charge in [0, 0.05) is 29.5 Å². The molecule has 3 rings (SSSR count). The van der Waals surface area contributed by atoms with Gasteiger partial charge in [0.25, 0.3) is 5.69 Å². The summed E-state index contributed by atoms with van der Waals surface area (Å²) in [5.74, 6) is 0.905. The Kier molecular flexibility index (Phi) is 5.59. The first kappa shape index (κ1) is 19.4. The average molecular weight is 399 g/mol. The van der Waals surface area contributed by atoms with Crippen molar-refractivity contribution in [3.8, 4) is 11.4 Å². The number of rotatable bonds is 8. The van der Waals surface area contributed by atoms with E-state index in [-0.39, 0.29) is 17.0 Å². The fourth-order valence-corrected chi connectivity index (χ4v) is 3.60. The van der Waals surface area contributed by atoms with Gasteiger partial charge in [-0.15, -0.1) is 16.8 Å². The molecule has 1 amide bonds. The van der Waals surface area contributed by atoms with Crippen LogP contribution in [0.1, 0.15) is 21.7 Å². The molecule has 0 radical (unpaired) electrons. The standard InChI is InChI=1S/C18H17N5O4S/c1-3-7-22-17(14-6-8-27-11(14)2)20-21-18(22)28-10-13-5-4-12(16(19)24)9-15(13)23(25)26/h3-6,8-9H,1,7,10H2,2H3,(H2,19,24). The summed E-state index contributed by atoms with van der Waals surface area (Å²) in [6, 6.07) is 5.99. The summed E-state index contributed by atoms with van der Waals surface area (Å²) in [5.41, 5.74) is 6.41. The Labute approximate surface area is 164 Å². The maximum Gasteiger partial charge on any atom is 0.274 e. The molecule has 10 heteroatoms. The lowest BCUT2D eigenvalue weighted by molar-refractivity contribution is -0.385. The number of hydrogen-bond acceptors (Lipinski definition) is 7. The van der Waals surface area contributed by atoms with Crippen LogP contribution in [0.4, 0.5) is 5.69 Å². The minimum Gasteiger partial charge on any atom is -0.469 e. The number of thioether (sulfide) groups is 1. The summed E-state index contributed by atoms with van der Waals surface area (Å²) in [4.78, 5) is 22.1. The van der Waals surface area contributed by atoms with Crippen LogP contribution < -0.4 is 5.73 Å². The third kappa shape index (κ3) is 3.81. The van der Waals surface area contributed by atoms with Gasteiger partial charge in [-0.05, 0) is 19.1 Å². The second-order valence-electron chi connectivity index (χ2n) is 5.85. The summed E-state index contributed by atoms with van der Waals surface area (Å²) in [6.07, 6.45) is 3.30. The van der Waals surface area contributed by atoms with Gasteiger partial charge in [0.05, 0.1) is 16.7 Å². The lowest BCUT2D eigenvalue weighted by Gasteiger charge is -2.08. The smallest absolute Gasteiger partial charge is 0.274 e. The zero-order valence-corrected chi connectivity index (χ0v) is 15.8. The maximum atomic E-state index is 11.4. The van der Waals surface area contributed by atoms with E-state index >= 15 is 0 Å². The van der Waals surface area contributed by atoms with E-state index in [1.165, 1.54) is 30.0 Å². The first-order valence-electron chi connectivity index (χ1n) is 8.20. The molecular weight excluding hydrogens is 382 g/mol. The van der Waals surface area contributed by atoms with Gasteiger partial charge >= 0.3 is 0 Å². The Balaban J connectivity index is 1.90. The Bertz CT molecular complexity index is 1060. The monoisotopic (exact) mass is 399 g/mol. The van der Waals surface area contributed by atoms with Gasteiger partial charge in [0.1, 0.15) is 5.76 Å². The van der Waals surface area contributed by atoms with Crippen molar-refractivity contribution < 1.29 is 14.1 Å². The normalized spacial score (nSPS) is 10.8. The summed E-state index contributed by atoms with van der Waals surface area (Å²) in [6.45, 7) is 6.06. The molecule has 0 fully saturated rings. The van der Waals surface area contributed by atoms with E-state index in [2.05, 4.69) is 16.8 Å². The van der Waals surface area contributed by atoms with Crippen LogP contribution in [0.3, 0.4) is 0 Å². The quantitative estimate of drug-likeness (QED) is 0.266. The highest BCUT2D eigenvalue weighted by molar-refractivity contribution is 7.98. The highest BCUT2D eigenvalue weighted by atomic mass is 32.2. The third-order valence-corrected chi connectivity index (χ3v) is 5.07. The van der Waals surface area contributed by atoms with Crippen LogP contribution in [0.2, 0.25) is 0 Å².